The van der Waals surface area contributed by atoms with Gasteiger partial charge in [0.1, 0.15) is 5.75 Å². The number of carbonyl (C=O) groups is 1. The lowest BCUT2D eigenvalue weighted by Crippen LogP contribution is -2.23. The van der Waals surface area contributed by atoms with Crippen LogP contribution in [0.1, 0.15) is 21.5 Å². The van der Waals surface area contributed by atoms with Crippen LogP contribution in [0.5, 0.6) is 5.75 Å². The van der Waals surface area contributed by atoms with Gasteiger partial charge in [-0.3, -0.25) is 4.79 Å². The van der Waals surface area contributed by atoms with Crippen LogP contribution in [0.2, 0.25) is 0 Å². The van der Waals surface area contributed by atoms with E-state index in [0.29, 0.717) is 11.1 Å². The van der Waals surface area contributed by atoms with Crippen LogP contribution in [0.25, 0.3) is 0 Å². The van der Waals surface area contributed by atoms with E-state index in [4.69, 9.17) is 0 Å². The minimum atomic E-state index is -4.41. The van der Waals surface area contributed by atoms with Crippen molar-refractivity contribution < 1.29 is 31.1 Å². The van der Waals surface area contributed by atoms with Gasteiger partial charge in [-0.2, -0.15) is 13.2 Å². The first-order valence-electron chi connectivity index (χ1n) is 7.83. The summed E-state index contributed by atoms with van der Waals surface area (Å²) in [6.45, 7) is 0.389. The third-order valence-corrected chi connectivity index (χ3v) is 4.87. The fourth-order valence-electron chi connectivity index (χ4n) is 2.29. The average Bonchev–Trinajstić information content (AvgIpc) is 2.57. The van der Waals surface area contributed by atoms with Gasteiger partial charge in [0.15, 0.2) is 16.4 Å². The molecular weight excluding hydrogens is 383 g/mol. The average molecular weight is 401 g/mol. The van der Waals surface area contributed by atoms with Gasteiger partial charge in [-0.25, -0.2) is 8.42 Å². The molecule has 0 spiro atoms. The Balaban J connectivity index is 2.00. The number of ether oxygens (including phenoxy) is 1. The second-order valence-corrected chi connectivity index (χ2v) is 7.97. The maximum Gasteiger partial charge on any atom is 0.422 e. The summed E-state index contributed by atoms with van der Waals surface area (Å²) in [7, 11) is -3.45. The van der Waals surface area contributed by atoms with Crippen molar-refractivity contribution in [2.24, 2.45) is 0 Å². The molecule has 27 heavy (non-hydrogen) atoms. The molecule has 0 aliphatic carbocycles. The number of amides is 1. The highest BCUT2D eigenvalue weighted by Gasteiger charge is 2.28. The van der Waals surface area contributed by atoms with Crippen LogP contribution < -0.4 is 10.1 Å². The van der Waals surface area contributed by atoms with Crippen molar-refractivity contribution in [2.45, 2.75) is 24.5 Å². The van der Waals surface area contributed by atoms with Crippen molar-refractivity contribution in [3.63, 3.8) is 0 Å². The van der Waals surface area contributed by atoms with E-state index >= 15 is 0 Å². The van der Waals surface area contributed by atoms with Crippen molar-refractivity contribution in [1.82, 2.24) is 5.32 Å². The first-order chi connectivity index (χ1) is 12.5. The molecule has 146 valence electrons. The van der Waals surface area contributed by atoms with E-state index in [1.807, 2.05) is 0 Å². The lowest BCUT2D eigenvalue weighted by Gasteiger charge is -2.10. The third kappa shape index (κ3) is 6.28. The van der Waals surface area contributed by atoms with Crippen molar-refractivity contribution >= 4 is 15.7 Å². The van der Waals surface area contributed by atoms with Gasteiger partial charge >= 0.3 is 6.18 Å². The minimum Gasteiger partial charge on any atom is -0.484 e. The van der Waals surface area contributed by atoms with Gasteiger partial charge in [0, 0.05) is 18.4 Å². The number of carbonyl (C=O) groups excluding carboxylic acids is 1. The van der Waals surface area contributed by atoms with Crippen molar-refractivity contribution in [1.29, 1.82) is 0 Å². The van der Waals surface area contributed by atoms with E-state index < -0.39 is 28.5 Å². The summed E-state index contributed by atoms with van der Waals surface area (Å²) in [4.78, 5) is 12.3. The Hall–Kier alpha value is -2.55. The van der Waals surface area contributed by atoms with Gasteiger partial charge in [0.2, 0.25) is 0 Å². The summed E-state index contributed by atoms with van der Waals surface area (Å²) in [5.41, 5.74) is 1.40. The van der Waals surface area contributed by atoms with Gasteiger partial charge in [0.05, 0.1) is 4.90 Å². The smallest absolute Gasteiger partial charge is 0.422 e. The molecule has 0 radical (unpaired) electrons. The van der Waals surface area contributed by atoms with E-state index in [2.05, 4.69) is 10.1 Å². The van der Waals surface area contributed by atoms with E-state index in [1.165, 1.54) is 36.4 Å². The molecule has 2 aromatic rings. The second-order valence-electron chi connectivity index (χ2n) is 5.98. The van der Waals surface area contributed by atoms with Crippen LogP contribution in [0, 0.1) is 6.92 Å². The zero-order chi connectivity index (χ0) is 20.2. The maximum atomic E-state index is 12.2. The van der Waals surface area contributed by atoms with E-state index in [1.54, 1.807) is 13.0 Å². The SMILES string of the molecule is Cc1ccc(C(=O)NCc2ccc(OCC(F)(F)F)cc2)cc1S(C)(=O)=O. The van der Waals surface area contributed by atoms with Gasteiger partial charge < -0.3 is 10.1 Å². The molecule has 0 fully saturated rings. The van der Waals surface area contributed by atoms with Gasteiger partial charge in [0.25, 0.3) is 5.91 Å². The van der Waals surface area contributed by atoms with Crippen LogP contribution in [0.4, 0.5) is 13.2 Å². The lowest BCUT2D eigenvalue weighted by molar-refractivity contribution is -0.153. The first-order valence-corrected chi connectivity index (χ1v) is 9.72. The summed E-state index contributed by atoms with van der Waals surface area (Å²) in [5, 5.41) is 2.63. The molecule has 0 saturated heterocycles. The molecular formula is C18H18F3NO4S. The first kappa shape index (κ1) is 20.8. The number of alkyl halides is 3. The van der Waals surface area contributed by atoms with Crippen LogP contribution in [0.3, 0.4) is 0 Å². The number of rotatable bonds is 6. The maximum absolute atomic E-state index is 12.2. The highest BCUT2D eigenvalue weighted by Crippen LogP contribution is 2.19. The second kappa shape index (κ2) is 7.99. The summed E-state index contributed by atoms with van der Waals surface area (Å²) < 4.78 is 64.4. The third-order valence-electron chi connectivity index (χ3n) is 3.63. The Bertz CT molecular complexity index is 923. The van der Waals surface area contributed by atoms with Crippen LogP contribution in [-0.4, -0.2) is 33.4 Å². The number of nitrogens with one attached hydrogen (secondary N) is 1. The standard InChI is InChI=1S/C18H18F3NO4S/c1-12-3-6-14(9-16(12)27(2,24)25)17(23)22-10-13-4-7-15(8-5-13)26-11-18(19,20)21/h3-9H,10-11H2,1-2H3,(H,22,23). The monoisotopic (exact) mass is 401 g/mol. The zero-order valence-corrected chi connectivity index (χ0v) is 15.4. The van der Waals surface area contributed by atoms with Crippen molar-refractivity contribution in [3.05, 3.63) is 59.2 Å². The fraction of sp³-hybridized carbons (Fsp3) is 0.278. The lowest BCUT2D eigenvalue weighted by atomic mass is 10.1. The Morgan fingerprint density at radius 1 is 1.11 bits per heavy atom. The van der Waals surface area contributed by atoms with E-state index in [0.717, 1.165) is 6.26 Å². The quantitative estimate of drug-likeness (QED) is 0.807. The molecule has 9 heteroatoms. The molecule has 0 heterocycles. The number of benzene rings is 2. The van der Waals surface area contributed by atoms with Crippen molar-refractivity contribution in [3.8, 4) is 5.75 Å². The fourth-order valence-corrected chi connectivity index (χ4v) is 3.29. The largest absolute Gasteiger partial charge is 0.484 e. The highest BCUT2D eigenvalue weighted by atomic mass is 32.2. The molecule has 2 aromatic carbocycles. The number of sulfone groups is 1. The normalized spacial score (nSPS) is 11.9. The molecule has 0 aromatic heterocycles. The number of halogens is 3. The molecule has 2 rings (SSSR count). The van der Waals surface area contributed by atoms with Crippen LogP contribution in [0.15, 0.2) is 47.4 Å². The molecule has 1 amide bonds. The minimum absolute atomic E-state index is 0.0683. The topological polar surface area (TPSA) is 72.5 Å². The predicted octanol–water partition coefficient (Wildman–Crippen LogP) is 3.27. The predicted molar refractivity (Wildman–Crippen MR) is 93.5 cm³/mol. The number of hydrogen-bond acceptors (Lipinski definition) is 4. The summed E-state index contributed by atoms with van der Waals surface area (Å²) in [6, 6.07) is 10.2. The number of hydrogen-bond donors (Lipinski definition) is 1. The summed E-state index contributed by atoms with van der Waals surface area (Å²) in [5.74, 6) is -0.393. The molecule has 0 aliphatic rings. The van der Waals surface area contributed by atoms with Crippen LogP contribution in [-0.2, 0) is 16.4 Å². The molecule has 1 N–H and O–H groups in total. The molecule has 0 atom stereocenters. The molecule has 0 unspecified atom stereocenters. The molecule has 5 nitrogen and oxygen atoms in total. The van der Waals surface area contributed by atoms with Gasteiger partial charge in [-0.05, 0) is 42.3 Å². The Labute approximate surface area is 155 Å². The van der Waals surface area contributed by atoms with Crippen molar-refractivity contribution in [2.75, 3.05) is 12.9 Å². The summed E-state index contributed by atoms with van der Waals surface area (Å²) in [6.07, 6.45) is -3.34. The zero-order valence-electron chi connectivity index (χ0n) is 14.6. The Morgan fingerprint density at radius 2 is 1.74 bits per heavy atom. The van der Waals surface area contributed by atoms with E-state index in [-0.39, 0.29) is 22.8 Å². The van der Waals surface area contributed by atoms with Gasteiger partial charge in [-0.1, -0.05) is 18.2 Å². The molecule has 0 saturated carbocycles. The van der Waals surface area contributed by atoms with Crippen LogP contribution >= 0.6 is 0 Å². The van der Waals surface area contributed by atoms with Gasteiger partial charge in [-0.15, -0.1) is 0 Å². The Morgan fingerprint density at radius 3 is 2.30 bits per heavy atom. The number of aryl methyl sites for hydroxylation is 1. The molecule has 0 aliphatic heterocycles. The van der Waals surface area contributed by atoms with E-state index in [9.17, 15) is 26.4 Å². The highest BCUT2D eigenvalue weighted by molar-refractivity contribution is 7.90. The Kier molecular flexibility index (Phi) is 6.15. The molecule has 0 bridgehead atoms. The summed E-state index contributed by atoms with van der Waals surface area (Å²) >= 11 is 0.